The average molecular weight is 696 g/mol. The molecule has 0 saturated heterocycles. The Morgan fingerprint density at radius 1 is 0.291 bits per heavy atom. The predicted octanol–water partition coefficient (Wildman–Crippen LogP) is 14.9. The van der Waals surface area contributed by atoms with E-state index in [2.05, 4.69) is 205 Å². The smallest absolute Gasteiger partial charge is 0.0626 e. The van der Waals surface area contributed by atoms with Crippen LogP contribution in [-0.2, 0) is 0 Å². The van der Waals surface area contributed by atoms with Gasteiger partial charge in [0.2, 0.25) is 0 Å². The summed E-state index contributed by atoms with van der Waals surface area (Å²) in [7, 11) is 0. The molecule has 1 aromatic heterocycles. The van der Waals surface area contributed by atoms with Crippen molar-refractivity contribution >= 4 is 54.0 Å². The van der Waals surface area contributed by atoms with Gasteiger partial charge in [0.05, 0.1) is 11.2 Å². The van der Waals surface area contributed by atoms with E-state index in [4.69, 9.17) is 0 Å². The van der Waals surface area contributed by atoms with Crippen LogP contribution in [0.15, 0.2) is 200 Å². The quantitative estimate of drug-likeness (QED) is 0.162. The molecule has 0 fully saturated rings. The number of aromatic nitrogens is 1. The maximum Gasteiger partial charge on any atom is 0.0626 e. The fourth-order valence-electron chi connectivity index (χ4n) is 9.52. The van der Waals surface area contributed by atoms with Gasteiger partial charge in [-0.2, -0.15) is 0 Å². The number of benzene rings is 10. The third-order valence-corrected chi connectivity index (χ3v) is 11.9. The van der Waals surface area contributed by atoms with Crippen LogP contribution in [0.2, 0.25) is 0 Å². The van der Waals surface area contributed by atoms with Crippen molar-refractivity contribution in [3.63, 3.8) is 0 Å². The van der Waals surface area contributed by atoms with Crippen molar-refractivity contribution in [1.82, 2.24) is 4.57 Å². The lowest BCUT2D eigenvalue weighted by Crippen LogP contribution is -1.97. The molecule has 0 saturated carbocycles. The molecule has 10 aromatic carbocycles. The molecule has 0 amide bonds. The van der Waals surface area contributed by atoms with Gasteiger partial charge in [-0.15, -0.1) is 0 Å². The lowest BCUT2D eigenvalue weighted by Gasteiger charge is -2.15. The van der Waals surface area contributed by atoms with Crippen molar-refractivity contribution in [3.8, 4) is 61.5 Å². The van der Waals surface area contributed by atoms with E-state index in [9.17, 15) is 0 Å². The molecular weight excluding hydrogens is 663 g/mol. The Balaban J connectivity index is 1.09. The summed E-state index contributed by atoms with van der Waals surface area (Å²) in [6.07, 6.45) is 0. The maximum atomic E-state index is 2.50. The molecule has 1 aliphatic carbocycles. The Labute approximate surface area is 319 Å². The summed E-state index contributed by atoms with van der Waals surface area (Å²) in [5, 5.41) is 11.7. The average Bonchev–Trinajstić information content (AvgIpc) is 3.77. The minimum Gasteiger partial charge on any atom is -0.309 e. The van der Waals surface area contributed by atoms with Crippen LogP contribution in [0.5, 0.6) is 0 Å². The first-order valence-corrected chi connectivity index (χ1v) is 19.1. The highest BCUT2D eigenvalue weighted by atomic mass is 15.0. The van der Waals surface area contributed by atoms with Crippen molar-refractivity contribution in [3.05, 3.63) is 200 Å². The summed E-state index contributed by atoms with van der Waals surface area (Å²) in [4.78, 5) is 0. The zero-order valence-corrected chi connectivity index (χ0v) is 30.0. The second kappa shape index (κ2) is 11.6. The summed E-state index contributed by atoms with van der Waals surface area (Å²) in [5.41, 5.74) is 14.9. The number of hydrogen-bond acceptors (Lipinski definition) is 0. The Morgan fingerprint density at radius 3 is 1.53 bits per heavy atom. The van der Waals surface area contributed by atoms with Crippen molar-refractivity contribution in [2.24, 2.45) is 0 Å². The van der Waals surface area contributed by atoms with Gasteiger partial charge in [-0.05, 0) is 112 Å². The number of fused-ring (bicyclic) bond motifs is 11. The Hall–Kier alpha value is -7.22. The highest BCUT2D eigenvalue weighted by molar-refractivity contribution is 6.26. The molecule has 0 N–H and O–H groups in total. The molecule has 254 valence electrons. The van der Waals surface area contributed by atoms with Gasteiger partial charge in [0.1, 0.15) is 0 Å². The molecule has 1 heterocycles. The van der Waals surface area contributed by atoms with E-state index in [-0.39, 0.29) is 0 Å². The topological polar surface area (TPSA) is 4.93 Å². The molecule has 1 nitrogen and oxygen atoms in total. The molecule has 1 aliphatic rings. The molecule has 12 rings (SSSR count). The molecule has 0 radical (unpaired) electrons. The monoisotopic (exact) mass is 695 g/mol. The molecule has 11 aromatic rings. The summed E-state index contributed by atoms with van der Waals surface area (Å²) < 4.78 is 2.50. The third-order valence-electron chi connectivity index (χ3n) is 11.9. The zero-order valence-electron chi connectivity index (χ0n) is 30.0. The van der Waals surface area contributed by atoms with Crippen LogP contribution in [0.3, 0.4) is 0 Å². The van der Waals surface area contributed by atoms with Crippen molar-refractivity contribution < 1.29 is 0 Å². The van der Waals surface area contributed by atoms with Gasteiger partial charge in [0.25, 0.3) is 0 Å². The van der Waals surface area contributed by atoms with Crippen LogP contribution in [0, 0.1) is 0 Å². The van der Waals surface area contributed by atoms with Gasteiger partial charge in [0.15, 0.2) is 0 Å². The Kier molecular flexibility index (Phi) is 6.40. The van der Waals surface area contributed by atoms with E-state index in [1.807, 2.05) is 0 Å². The van der Waals surface area contributed by atoms with E-state index in [0.717, 1.165) is 0 Å². The van der Waals surface area contributed by atoms with Crippen molar-refractivity contribution in [2.75, 3.05) is 0 Å². The van der Waals surface area contributed by atoms with Gasteiger partial charge in [-0.3, -0.25) is 0 Å². The van der Waals surface area contributed by atoms with Crippen LogP contribution in [0.4, 0.5) is 0 Å². The molecule has 55 heavy (non-hydrogen) atoms. The molecule has 1 heteroatoms. The van der Waals surface area contributed by atoms with Crippen LogP contribution in [0.25, 0.3) is 115 Å². The van der Waals surface area contributed by atoms with Crippen LogP contribution >= 0.6 is 0 Å². The first-order chi connectivity index (χ1) is 27.3. The Morgan fingerprint density at radius 2 is 0.818 bits per heavy atom. The minimum absolute atomic E-state index is 1.17. The second-order valence-electron chi connectivity index (χ2n) is 14.8. The zero-order chi connectivity index (χ0) is 36.0. The molecule has 0 unspecified atom stereocenters. The fourth-order valence-corrected chi connectivity index (χ4v) is 9.52. The number of rotatable bonds is 4. The third kappa shape index (κ3) is 4.41. The van der Waals surface area contributed by atoms with E-state index >= 15 is 0 Å². The second-order valence-corrected chi connectivity index (χ2v) is 14.8. The lowest BCUT2D eigenvalue weighted by molar-refractivity contribution is 1.14. The van der Waals surface area contributed by atoms with Crippen molar-refractivity contribution in [2.45, 2.75) is 0 Å². The highest BCUT2D eigenvalue weighted by Gasteiger charge is 2.29. The molecule has 0 spiro atoms. The van der Waals surface area contributed by atoms with Gasteiger partial charge < -0.3 is 4.57 Å². The van der Waals surface area contributed by atoms with Crippen molar-refractivity contribution in [1.29, 1.82) is 0 Å². The summed E-state index contributed by atoms with van der Waals surface area (Å²) in [6.45, 7) is 0. The van der Waals surface area contributed by atoms with E-state index in [1.165, 1.54) is 115 Å². The first kappa shape index (κ1) is 30.3. The van der Waals surface area contributed by atoms with Gasteiger partial charge in [0, 0.05) is 22.2 Å². The number of nitrogens with zero attached hydrogens (tertiary/aromatic N) is 1. The molecule has 0 atom stereocenters. The fraction of sp³-hybridized carbons (Fsp3) is 0. The minimum atomic E-state index is 1.17. The SMILES string of the molecule is c1ccc(-c2cccc(-n3c4c(c5cc(-c6ccccc6-c6ccc7c8ccccc8c8ccccc8c7c6)ccc53)-c3cccc5cccc-4c35)c2)cc1. The van der Waals surface area contributed by atoms with Crippen LogP contribution < -0.4 is 0 Å². The summed E-state index contributed by atoms with van der Waals surface area (Å²) in [5.74, 6) is 0. The van der Waals surface area contributed by atoms with Gasteiger partial charge in [-0.25, -0.2) is 0 Å². The van der Waals surface area contributed by atoms with E-state index in [0.29, 0.717) is 0 Å². The summed E-state index contributed by atoms with van der Waals surface area (Å²) in [6, 6.07) is 73.9. The molecule has 0 aliphatic heterocycles. The Bertz CT molecular complexity index is 3320. The molecule has 0 bridgehead atoms. The standard InChI is InChI=1S/C54H33N/c1-2-13-34(14-3-1)36-17-10-18-39(31-36)55-51-30-28-38(33-50(51)53-47-25-11-15-35-16-12-26-48(52(35)47)54(53)55)41-20-5-4-19-40(41)37-27-29-46-44-23-7-6-21-42(44)43-22-8-9-24-45(43)49(46)32-37/h1-33H. The molecular formula is C54H33N. The van der Waals surface area contributed by atoms with Gasteiger partial charge >= 0.3 is 0 Å². The van der Waals surface area contributed by atoms with E-state index < -0.39 is 0 Å². The maximum absolute atomic E-state index is 2.50. The van der Waals surface area contributed by atoms with E-state index in [1.54, 1.807) is 0 Å². The first-order valence-electron chi connectivity index (χ1n) is 19.1. The van der Waals surface area contributed by atoms with Crippen LogP contribution in [0.1, 0.15) is 0 Å². The lowest BCUT2D eigenvalue weighted by atomic mass is 9.89. The predicted molar refractivity (Wildman–Crippen MR) is 234 cm³/mol. The number of hydrogen-bond donors (Lipinski definition) is 0. The highest BCUT2D eigenvalue weighted by Crippen LogP contribution is 2.53. The normalized spacial score (nSPS) is 12.0. The van der Waals surface area contributed by atoms with Gasteiger partial charge in [-0.1, -0.05) is 170 Å². The largest absolute Gasteiger partial charge is 0.309 e. The van der Waals surface area contributed by atoms with Crippen LogP contribution in [-0.4, -0.2) is 4.57 Å². The summed E-state index contributed by atoms with van der Waals surface area (Å²) >= 11 is 0.